The Bertz CT molecular complexity index is 1210. The highest BCUT2D eigenvalue weighted by atomic mass is 32.2. The molecule has 2 aliphatic rings. The van der Waals surface area contributed by atoms with E-state index < -0.39 is 10.0 Å². The fourth-order valence-electron chi connectivity index (χ4n) is 3.88. The number of nitrogens with zero attached hydrogens (tertiary/aromatic N) is 1. The summed E-state index contributed by atoms with van der Waals surface area (Å²) in [5, 5.41) is 3.83. The maximum Gasteiger partial charge on any atom is 0.233 e. The summed E-state index contributed by atoms with van der Waals surface area (Å²) in [7, 11) is -3.44. The monoisotopic (exact) mass is 440 g/mol. The molecule has 1 unspecified atom stereocenters. The van der Waals surface area contributed by atoms with E-state index in [1.54, 1.807) is 12.1 Å². The molecule has 1 aromatic carbocycles. The number of aromatic nitrogens is 2. The maximum atomic E-state index is 12.4. The molecule has 5 rings (SSSR count). The number of sulfonamides is 1. The zero-order valence-electron chi connectivity index (χ0n) is 16.9. The van der Waals surface area contributed by atoms with Crippen molar-refractivity contribution in [3.05, 3.63) is 42.6 Å². The number of carbonyl (C=O) groups excluding carboxylic acids is 1. The molecule has 1 atom stereocenters. The summed E-state index contributed by atoms with van der Waals surface area (Å²) in [4.78, 5) is 19.8. The topological polar surface area (TPSA) is 113 Å². The molecule has 2 aromatic heterocycles. The lowest BCUT2D eigenvalue weighted by Gasteiger charge is -2.12. The molecule has 0 radical (unpaired) electrons. The van der Waals surface area contributed by atoms with Crippen LogP contribution in [0.15, 0.2) is 42.6 Å². The lowest BCUT2D eigenvalue weighted by Crippen LogP contribution is -2.22. The summed E-state index contributed by atoms with van der Waals surface area (Å²) >= 11 is 0. The van der Waals surface area contributed by atoms with Crippen molar-refractivity contribution >= 4 is 38.5 Å². The van der Waals surface area contributed by atoms with Crippen molar-refractivity contribution in [2.45, 2.75) is 19.3 Å². The van der Waals surface area contributed by atoms with Gasteiger partial charge in [0, 0.05) is 35.7 Å². The lowest BCUT2D eigenvalue weighted by molar-refractivity contribution is -0.117. The van der Waals surface area contributed by atoms with Gasteiger partial charge >= 0.3 is 0 Å². The molecular weight excluding hydrogens is 416 g/mol. The van der Waals surface area contributed by atoms with Crippen LogP contribution in [-0.4, -0.2) is 43.3 Å². The molecule has 0 bridgehead atoms. The second-order valence-corrected chi connectivity index (χ2v) is 10.0. The van der Waals surface area contributed by atoms with Crippen LogP contribution in [0.1, 0.15) is 19.3 Å². The van der Waals surface area contributed by atoms with Crippen molar-refractivity contribution in [1.29, 1.82) is 0 Å². The van der Waals surface area contributed by atoms with Gasteiger partial charge in [0.25, 0.3) is 0 Å². The Morgan fingerprint density at radius 1 is 1.16 bits per heavy atom. The van der Waals surface area contributed by atoms with E-state index in [-0.39, 0.29) is 23.5 Å². The van der Waals surface area contributed by atoms with E-state index in [9.17, 15) is 13.2 Å². The van der Waals surface area contributed by atoms with Crippen molar-refractivity contribution in [2.24, 2.45) is 11.8 Å². The number of nitrogens with one attached hydrogen (secondary N) is 3. The number of ether oxygens (including phenoxy) is 1. The van der Waals surface area contributed by atoms with Gasteiger partial charge in [-0.05, 0) is 54.7 Å². The average Bonchev–Trinajstić information content (AvgIpc) is 3.28. The van der Waals surface area contributed by atoms with Crippen LogP contribution in [0.2, 0.25) is 0 Å². The van der Waals surface area contributed by atoms with Crippen molar-refractivity contribution in [3.63, 3.8) is 0 Å². The number of aromatic amines is 1. The molecule has 3 N–H and O–H groups in total. The van der Waals surface area contributed by atoms with E-state index in [1.807, 2.05) is 30.5 Å². The molecule has 9 heteroatoms. The zero-order chi connectivity index (χ0) is 21.4. The van der Waals surface area contributed by atoms with E-state index in [0.29, 0.717) is 30.4 Å². The van der Waals surface area contributed by atoms with Gasteiger partial charge in [0.05, 0.1) is 12.4 Å². The molecule has 1 amide bonds. The molecule has 1 aliphatic carbocycles. The summed E-state index contributed by atoms with van der Waals surface area (Å²) in [5.74, 6) is 0.701. The fraction of sp³-hybridized carbons (Fsp3) is 0.364. The van der Waals surface area contributed by atoms with Crippen LogP contribution in [0, 0.1) is 11.8 Å². The highest BCUT2D eigenvalue weighted by Crippen LogP contribution is 2.33. The number of carbonyl (C=O) groups is 1. The van der Waals surface area contributed by atoms with Crippen LogP contribution in [0.25, 0.3) is 22.2 Å². The van der Waals surface area contributed by atoms with Crippen molar-refractivity contribution in [2.75, 3.05) is 29.0 Å². The Morgan fingerprint density at radius 2 is 1.97 bits per heavy atom. The van der Waals surface area contributed by atoms with Crippen LogP contribution in [0.4, 0.5) is 11.5 Å². The second kappa shape index (κ2) is 7.97. The van der Waals surface area contributed by atoms with Gasteiger partial charge in [-0.25, -0.2) is 13.4 Å². The van der Waals surface area contributed by atoms with Crippen LogP contribution in [0.3, 0.4) is 0 Å². The second-order valence-electron chi connectivity index (χ2n) is 8.25. The molecular formula is C22H24N4O4S. The predicted molar refractivity (Wildman–Crippen MR) is 119 cm³/mol. The Hall–Kier alpha value is -2.91. The van der Waals surface area contributed by atoms with Gasteiger partial charge in [0.2, 0.25) is 15.9 Å². The first kappa shape index (κ1) is 20.0. The van der Waals surface area contributed by atoms with E-state index in [0.717, 1.165) is 35.8 Å². The number of anilines is 2. The number of hydrogen-bond donors (Lipinski definition) is 3. The molecule has 31 heavy (non-hydrogen) atoms. The third-order valence-corrected chi connectivity index (χ3v) is 7.13. The summed E-state index contributed by atoms with van der Waals surface area (Å²) in [6.45, 7) is 1.12. The lowest BCUT2D eigenvalue weighted by atomic mass is 10.0. The summed E-state index contributed by atoms with van der Waals surface area (Å²) in [6, 6.07) is 11.0. The molecule has 1 saturated heterocycles. The first-order valence-corrected chi connectivity index (χ1v) is 12.1. The molecule has 1 saturated carbocycles. The minimum absolute atomic E-state index is 0.00164. The van der Waals surface area contributed by atoms with E-state index in [4.69, 9.17) is 4.74 Å². The third-order valence-electron chi connectivity index (χ3n) is 5.68. The van der Waals surface area contributed by atoms with E-state index in [1.165, 1.54) is 0 Å². The zero-order valence-corrected chi connectivity index (χ0v) is 17.7. The quantitative estimate of drug-likeness (QED) is 0.521. The van der Waals surface area contributed by atoms with Gasteiger partial charge in [-0.2, -0.15) is 0 Å². The van der Waals surface area contributed by atoms with Crippen LogP contribution < -0.4 is 10.0 Å². The molecule has 3 heterocycles. The Morgan fingerprint density at radius 3 is 2.68 bits per heavy atom. The van der Waals surface area contributed by atoms with Crippen molar-refractivity contribution in [3.8, 4) is 11.1 Å². The number of benzene rings is 1. The van der Waals surface area contributed by atoms with Crippen LogP contribution in [0.5, 0.6) is 0 Å². The Labute approximate surface area is 180 Å². The standard InChI is InChI=1S/C22H24N4O4S/c27-22(16-1-2-16)25-20-11-19(18-7-9-23-21(18)24-20)15-3-5-17(6-4-15)26-31(28,29)13-14-8-10-30-12-14/h3-7,9,11,14,16,26H,1-2,8,10,12-13H2,(H2,23,24,25,27). The van der Waals surface area contributed by atoms with Crippen molar-refractivity contribution < 1.29 is 17.9 Å². The predicted octanol–water partition coefficient (Wildman–Crippen LogP) is 3.36. The fourth-order valence-corrected chi connectivity index (χ4v) is 5.34. The summed E-state index contributed by atoms with van der Waals surface area (Å²) in [6.07, 6.45) is 4.43. The van der Waals surface area contributed by atoms with Gasteiger partial charge in [0.15, 0.2) is 0 Å². The average molecular weight is 441 g/mol. The first-order chi connectivity index (χ1) is 15.0. The van der Waals surface area contributed by atoms with Gasteiger partial charge < -0.3 is 15.0 Å². The number of hydrogen-bond acceptors (Lipinski definition) is 5. The van der Waals surface area contributed by atoms with E-state index in [2.05, 4.69) is 20.0 Å². The highest BCUT2D eigenvalue weighted by Gasteiger charge is 2.30. The minimum atomic E-state index is -3.44. The van der Waals surface area contributed by atoms with Gasteiger partial charge in [0.1, 0.15) is 11.5 Å². The largest absolute Gasteiger partial charge is 0.381 e. The van der Waals surface area contributed by atoms with Gasteiger partial charge in [-0.3, -0.25) is 9.52 Å². The number of H-pyrrole nitrogens is 1. The smallest absolute Gasteiger partial charge is 0.233 e. The van der Waals surface area contributed by atoms with Gasteiger partial charge in [-0.1, -0.05) is 12.1 Å². The third kappa shape index (κ3) is 4.57. The number of fused-ring (bicyclic) bond motifs is 1. The number of rotatable bonds is 7. The Balaban J connectivity index is 1.37. The van der Waals surface area contributed by atoms with Crippen LogP contribution in [-0.2, 0) is 19.6 Å². The van der Waals surface area contributed by atoms with E-state index >= 15 is 0 Å². The van der Waals surface area contributed by atoms with Crippen molar-refractivity contribution in [1.82, 2.24) is 9.97 Å². The number of amides is 1. The maximum absolute atomic E-state index is 12.4. The van der Waals surface area contributed by atoms with Crippen LogP contribution >= 0.6 is 0 Å². The summed E-state index contributed by atoms with van der Waals surface area (Å²) in [5.41, 5.74) is 3.02. The first-order valence-electron chi connectivity index (χ1n) is 10.4. The molecule has 2 fully saturated rings. The normalized spacial score (nSPS) is 18.9. The number of pyridine rings is 1. The SMILES string of the molecule is O=C(Nc1cc(-c2ccc(NS(=O)(=O)CC3CCOC3)cc2)c2cc[nH]c2n1)C1CC1. The Kier molecular flexibility index (Phi) is 5.15. The molecule has 162 valence electrons. The molecule has 1 aliphatic heterocycles. The highest BCUT2D eigenvalue weighted by molar-refractivity contribution is 7.92. The van der Waals surface area contributed by atoms with Gasteiger partial charge in [-0.15, -0.1) is 0 Å². The minimum Gasteiger partial charge on any atom is -0.381 e. The summed E-state index contributed by atoms with van der Waals surface area (Å²) < 4.78 is 32.8. The molecule has 0 spiro atoms. The molecule has 3 aromatic rings. The molecule has 8 nitrogen and oxygen atoms in total.